The first-order chi connectivity index (χ1) is 8.66. The van der Waals surface area contributed by atoms with Crippen LogP contribution in [-0.4, -0.2) is 6.54 Å². The first kappa shape index (κ1) is 13.2. The molecule has 1 atom stereocenters. The van der Waals surface area contributed by atoms with E-state index in [0.717, 1.165) is 19.0 Å². The van der Waals surface area contributed by atoms with Crippen molar-refractivity contribution < 1.29 is 8.78 Å². The van der Waals surface area contributed by atoms with E-state index in [4.69, 9.17) is 0 Å². The molecule has 1 nitrogen and oxygen atoms in total. The first-order valence-electron chi connectivity index (χ1n) is 5.87. The molecule has 0 spiro atoms. The summed E-state index contributed by atoms with van der Waals surface area (Å²) in [6.07, 6.45) is 0.902. The van der Waals surface area contributed by atoms with Gasteiger partial charge in [-0.15, -0.1) is 11.3 Å². The molecule has 1 aromatic heterocycles. The topological polar surface area (TPSA) is 12.0 Å². The summed E-state index contributed by atoms with van der Waals surface area (Å²) in [6, 6.07) is 7.44. The van der Waals surface area contributed by atoms with Crippen LogP contribution in [0.2, 0.25) is 0 Å². The Morgan fingerprint density at radius 2 is 2.11 bits per heavy atom. The molecule has 2 aromatic rings. The van der Waals surface area contributed by atoms with Crippen LogP contribution in [0.5, 0.6) is 0 Å². The van der Waals surface area contributed by atoms with E-state index in [1.54, 1.807) is 11.3 Å². The Labute approximate surface area is 109 Å². The average Bonchev–Trinajstić information content (AvgIpc) is 2.85. The highest BCUT2D eigenvalue weighted by Gasteiger charge is 2.11. The minimum absolute atomic E-state index is 0.194. The molecule has 0 aliphatic heterocycles. The van der Waals surface area contributed by atoms with Crippen LogP contribution in [0.3, 0.4) is 0 Å². The van der Waals surface area contributed by atoms with Gasteiger partial charge in [-0.1, -0.05) is 6.07 Å². The van der Waals surface area contributed by atoms with Gasteiger partial charge < -0.3 is 5.32 Å². The molecule has 1 aromatic carbocycles. The standard InChI is InChI=1S/C14H15F2NS/c1-10(13-9-11(15)4-5-14(13)16)17-7-6-12-3-2-8-18-12/h2-5,8-10,17H,6-7H2,1H3. The molecule has 4 heteroatoms. The van der Waals surface area contributed by atoms with E-state index in [-0.39, 0.29) is 11.9 Å². The summed E-state index contributed by atoms with van der Waals surface area (Å²) < 4.78 is 26.6. The van der Waals surface area contributed by atoms with Crippen LogP contribution in [0.15, 0.2) is 35.7 Å². The Balaban J connectivity index is 1.91. The van der Waals surface area contributed by atoms with Crippen molar-refractivity contribution in [3.63, 3.8) is 0 Å². The van der Waals surface area contributed by atoms with E-state index in [9.17, 15) is 8.78 Å². The second-order valence-corrected chi connectivity index (χ2v) is 5.20. The van der Waals surface area contributed by atoms with E-state index < -0.39 is 5.82 Å². The van der Waals surface area contributed by atoms with E-state index in [0.29, 0.717) is 5.56 Å². The minimum Gasteiger partial charge on any atom is -0.310 e. The third-order valence-corrected chi connectivity index (χ3v) is 3.76. The summed E-state index contributed by atoms with van der Waals surface area (Å²) in [6.45, 7) is 2.59. The molecular weight excluding hydrogens is 252 g/mol. The Kier molecular flexibility index (Phi) is 4.44. The zero-order chi connectivity index (χ0) is 13.0. The van der Waals surface area contributed by atoms with Gasteiger partial charge in [0.05, 0.1) is 0 Å². The molecular formula is C14H15F2NS. The van der Waals surface area contributed by atoms with Crippen molar-refractivity contribution in [3.8, 4) is 0 Å². The molecule has 0 aliphatic rings. The maximum Gasteiger partial charge on any atom is 0.128 e. The van der Waals surface area contributed by atoms with Gasteiger partial charge in [0, 0.05) is 23.0 Å². The van der Waals surface area contributed by atoms with Gasteiger partial charge in [-0.25, -0.2) is 8.78 Å². The lowest BCUT2D eigenvalue weighted by Gasteiger charge is -2.14. The number of thiophene rings is 1. The van der Waals surface area contributed by atoms with Crippen molar-refractivity contribution in [1.82, 2.24) is 5.32 Å². The van der Waals surface area contributed by atoms with Gasteiger partial charge in [0.25, 0.3) is 0 Å². The SMILES string of the molecule is CC(NCCc1cccs1)c1cc(F)ccc1F. The lowest BCUT2D eigenvalue weighted by atomic mass is 10.1. The number of rotatable bonds is 5. The summed E-state index contributed by atoms with van der Waals surface area (Å²) in [5, 5.41) is 5.24. The van der Waals surface area contributed by atoms with Crippen LogP contribution in [0.25, 0.3) is 0 Å². The molecule has 0 bridgehead atoms. The molecule has 1 N–H and O–H groups in total. The predicted octanol–water partition coefficient (Wildman–Crippen LogP) is 3.92. The van der Waals surface area contributed by atoms with Crippen LogP contribution in [0.1, 0.15) is 23.4 Å². The number of benzene rings is 1. The largest absolute Gasteiger partial charge is 0.310 e. The van der Waals surface area contributed by atoms with Crippen molar-refractivity contribution in [2.75, 3.05) is 6.54 Å². The number of hydrogen-bond donors (Lipinski definition) is 1. The molecule has 18 heavy (non-hydrogen) atoms. The van der Waals surface area contributed by atoms with Gasteiger partial charge in [0.1, 0.15) is 11.6 Å². The fourth-order valence-electron chi connectivity index (χ4n) is 1.82. The minimum atomic E-state index is -0.404. The highest BCUT2D eigenvalue weighted by molar-refractivity contribution is 7.09. The molecule has 1 heterocycles. The van der Waals surface area contributed by atoms with Gasteiger partial charge in [-0.3, -0.25) is 0 Å². The summed E-state index contributed by atoms with van der Waals surface area (Å²) >= 11 is 1.70. The van der Waals surface area contributed by atoms with E-state index in [1.807, 2.05) is 18.4 Å². The first-order valence-corrected chi connectivity index (χ1v) is 6.75. The van der Waals surface area contributed by atoms with Crippen LogP contribution in [-0.2, 0) is 6.42 Å². The lowest BCUT2D eigenvalue weighted by Crippen LogP contribution is -2.22. The van der Waals surface area contributed by atoms with E-state index in [2.05, 4.69) is 11.4 Å². The normalized spacial score (nSPS) is 12.6. The van der Waals surface area contributed by atoms with Gasteiger partial charge >= 0.3 is 0 Å². The number of hydrogen-bond acceptors (Lipinski definition) is 2. The van der Waals surface area contributed by atoms with Crippen LogP contribution < -0.4 is 5.32 Å². The second kappa shape index (κ2) is 6.07. The molecule has 0 amide bonds. The molecule has 96 valence electrons. The van der Waals surface area contributed by atoms with E-state index in [1.165, 1.54) is 17.0 Å². The Morgan fingerprint density at radius 3 is 2.83 bits per heavy atom. The molecule has 0 fully saturated rings. The number of nitrogens with one attached hydrogen (secondary N) is 1. The highest BCUT2D eigenvalue weighted by Crippen LogP contribution is 2.18. The van der Waals surface area contributed by atoms with E-state index >= 15 is 0 Å². The zero-order valence-corrected chi connectivity index (χ0v) is 10.9. The van der Waals surface area contributed by atoms with Crippen molar-refractivity contribution in [2.45, 2.75) is 19.4 Å². The predicted molar refractivity (Wildman–Crippen MR) is 70.8 cm³/mol. The molecule has 0 aliphatic carbocycles. The third-order valence-electron chi connectivity index (χ3n) is 2.83. The zero-order valence-electron chi connectivity index (χ0n) is 10.1. The maximum atomic E-state index is 13.5. The fraction of sp³-hybridized carbons (Fsp3) is 0.286. The number of halogens is 2. The average molecular weight is 267 g/mol. The molecule has 2 rings (SSSR count). The van der Waals surface area contributed by atoms with Gasteiger partial charge in [0.15, 0.2) is 0 Å². The Bertz CT molecular complexity index is 497. The highest BCUT2D eigenvalue weighted by atomic mass is 32.1. The molecule has 1 unspecified atom stereocenters. The maximum absolute atomic E-state index is 13.5. The molecule has 0 saturated heterocycles. The van der Waals surface area contributed by atoms with Gasteiger partial charge in [-0.2, -0.15) is 0 Å². The third kappa shape index (κ3) is 3.37. The van der Waals surface area contributed by atoms with Crippen molar-refractivity contribution in [2.24, 2.45) is 0 Å². The van der Waals surface area contributed by atoms with Gasteiger partial charge in [-0.05, 0) is 43.0 Å². The van der Waals surface area contributed by atoms with Crippen molar-refractivity contribution >= 4 is 11.3 Å². The summed E-state index contributed by atoms with van der Waals surface area (Å²) in [7, 11) is 0. The monoisotopic (exact) mass is 267 g/mol. The van der Waals surface area contributed by atoms with Crippen LogP contribution >= 0.6 is 11.3 Å². The van der Waals surface area contributed by atoms with Crippen molar-refractivity contribution in [1.29, 1.82) is 0 Å². The summed E-state index contributed by atoms with van der Waals surface area (Å²) in [5.74, 6) is -0.772. The smallest absolute Gasteiger partial charge is 0.128 e. The Hall–Kier alpha value is -1.26. The summed E-state index contributed by atoms with van der Waals surface area (Å²) in [5.41, 5.74) is 0.376. The molecule has 0 saturated carbocycles. The lowest BCUT2D eigenvalue weighted by molar-refractivity contribution is 0.521. The Morgan fingerprint density at radius 1 is 1.28 bits per heavy atom. The van der Waals surface area contributed by atoms with Gasteiger partial charge in [0.2, 0.25) is 0 Å². The van der Waals surface area contributed by atoms with Crippen LogP contribution in [0, 0.1) is 11.6 Å². The fourth-order valence-corrected chi connectivity index (χ4v) is 2.53. The quantitative estimate of drug-likeness (QED) is 0.865. The summed E-state index contributed by atoms with van der Waals surface area (Å²) in [4.78, 5) is 1.29. The second-order valence-electron chi connectivity index (χ2n) is 4.17. The van der Waals surface area contributed by atoms with Crippen molar-refractivity contribution in [3.05, 3.63) is 57.8 Å². The van der Waals surface area contributed by atoms with Crippen LogP contribution in [0.4, 0.5) is 8.78 Å². The molecule has 0 radical (unpaired) electrons.